The van der Waals surface area contributed by atoms with E-state index in [-0.39, 0.29) is 12.6 Å². The van der Waals surface area contributed by atoms with Crippen molar-refractivity contribution in [2.45, 2.75) is 19.9 Å². The lowest BCUT2D eigenvalue weighted by Crippen LogP contribution is -2.44. The lowest BCUT2D eigenvalue weighted by Gasteiger charge is -2.26. The summed E-state index contributed by atoms with van der Waals surface area (Å²) in [6.45, 7) is 3.32. The lowest BCUT2D eigenvalue weighted by atomic mass is 10.1. The van der Waals surface area contributed by atoms with Crippen molar-refractivity contribution in [3.63, 3.8) is 0 Å². The van der Waals surface area contributed by atoms with Crippen LogP contribution in [0.2, 0.25) is 10.0 Å². The standard InChI is InChI=1S/C27H24Cl2FN5O2/c1-17(2)34(27(37)31-20-10-6-9-19(30)13-20)16-26(36)32-25-15-24(18-7-4-3-5-8-18)33-35(25)21-11-12-22(28)23(29)14-21/h3-15,17H,16H2,1-2H3,(H,31,37)(H,32,36). The Balaban J connectivity index is 1.58. The van der Waals surface area contributed by atoms with Crippen molar-refractivity contribution in [3.8, 4) is 16.9 Å². The second-order valence-electron chi connectivity index (χ2n) is 8.50. The third-order valence-corrected chi connectivity index (χ3v) is 6.21. The minimum absolute atomic E-state index is 0.244. The Morgan fingerprint density at radius 2 is 1.70 bits per heavy atom. The maximum absolute atomic E-state index is 13.5. The molecule has 0 aliphatic heterocycles. The molecule has 0 saturated carbocycles. The number of benzene rings is 3. The molecule has 7 nitrogen and oxygen atoms in total. The van der Waals surface area contributed by atoms with Crippen molar-refractivity contribution < 1.29 is 14.0 Å². The van der Waals surface area contributed by atoms with Crippen LogP contribution in [0.3, 0.4) is 0 Å². The minimum Gasteiger partial charge on any atom is -0.313 e. The summed E-state index contributed by atoms with van der Waals surface area (Å²) in [5.74, 6) is -0.531. The zero-order valence-electron chi connectivity index (χ0n) is 20.1. The van der Waals surface area contributed by atoms with Gasteiger partial charge < -0.3 is 15.5 Å². The highest BCUT2D eigenvalue weighted by Gasteiger charge is 2.22. The fourth-order valence-corrected chi connectivity index (χ4v) is 3.91. The normalized spacial score (nSPS) is 10.9. The number of hydrogen-bond acceptors (Lipinski definition) is 3. The zero-order chi connectivity index (χ0) is 26.5. The molecule has 0 fully saturated rings. The second kappa shape index (κ2) is 11.5. The van der Waals surface area contributed by atoms with Crippen LogP contribution in [0.1, 0.15) is 13.8 Å². The van der Waals surface area contributed by atoms with E-state index in [2.05, 4.69) is 15.7 Å². The third kappa shape index (κ3) is 6.47. The van der Waals surface area contributed by atoms with Crippen LogP contribution >= 0.6 is 23.2 Å². The molecular formula is C27H24Cl2FN5O2. The fourth-order valence-electron chi connectivity index (χ4n) is 3.62. The number of carbonyl (C=O) groups excluding carboxylic acids is 2. The Bertz CT molecular complexity index is 1430. The van der Waals surface area contributed by atoms with Crippen LogP contribution in [0, 0.1) is 5.82 Å². The van der Waals surface area contributed by atoms with Gasteiger partial charge in [-0.1, -0.05) is 59.6 Å². The molecule has 0 saturated heterocycles. The Morgan fingerprint density at radius 3 is 2.38 bits per heavy atom. The summed E-state index contributed by atoms with van der Waals surface area (Å²) in [7, 11) is 0. The number of amides is 3. The SMILES string of the molecule is CC(C)N(CC(=O)Nc1cc(-c2ccccc2)nn1-c1ccc(Cl)c(Cl)c1)C(=O)Nc1cccc(F)c1. The monoisotopic (exact) mass is 539 g/mol. The van der Waals surface area contributed by atoms with E-state index in [1.54, 1.807) is 48.9 Å². The van der Waals surface area contributed by atoms with E-state index in [0.29, 0.717) is 32.9 Å². The fraction of sp³-hybridized carbons (Fsp3) is 0.148. The first-order valence-electron chi connectivity index (χ1n) is 11.4. The number of carbonyl (C=O) groups is 2. The number of hydrogen-bond donors (Lipinski definition) is 2. The summed E-state index contributed by atoms with van der Waals surface area (Å²) >= 11 is 12.3. The van der Waals surface area contributed by atoms with Gasteiger partial charge in [0.1, 0.15) is 18.2 Å². The molecule has 0 aliphatic rings. The molecule has 37 heavy (non-hydrogen) atoms. The molecule has 1 heterocycles. The van der Waals surface area contributed by atoms with Crippen molar-refractivity contribution in [1.29, 1.82) is 0 Å². The number of nitrogens with zero attached hydrogens (tertiary/aromatic N) is 3. The van der Waals surface area contributed by atoms with Gasteiger partial charge in [-0.15, -0.1) is 0 Å². The summed E-state index contributed by atoms with van der Waals surface area (Å²) in [6.07, 6.45) is 0. The van der Waals surface area contributed by atoms with Gasteiger partial charge in [0.15, 0.2) is 0 Å². The quantitative estimate of drug-likeness (QED) is 0.269. The molecule has 0 bridgehead atoms. The van der Waals surface area contributed by atoms with Gasteiger partial charge in [-0.25, -0.2) is 13.9 Å². The van der Waals surface area contributed by atoms with Gasteiger partial charge in [0.05, 0.1) is 21.4 Å². The molecule has 0 atom stereocenters. The van der Waals surface area contributed by atoms with Gasteiger partial charge in [0.2, 0.25) is 5.91 Å². The second-order valence-corrected chi connectivity index (χ2v) is 9.32. The van der Waals surface area contributed by atoms with Crippen molar-refractivity contribution in [1.82, 2.24) is 14.7 Å². The van der Waals surface area contributed by atoms with Gasteiger partial charge in [-0.3, -0.25) is 4.79 Å². The topological polar surface area (TPSA) is 79.3 Å². The Morgan fingerprint density at radius 1 is 0.946 bits per heavy atom. The smallest absolute Gasteiger partial charge is 0.313 e. The van der Waals surface area contributed by atoms with Gasteiger partial charge in [0.25, 0.3) is 0 Å². The molecule has 190 valence electrons. The van der Waals surface area contributed by atoms with Crippen LogP contribution in [0.4, 0.5) is 20.7 Å². The number of halogens is 3. The minimum atomic E-state index is -0.529. The predicted octanol–water partition coefficient (Wildman–Crippen LogP) is 6.87. The van der Waals surface area contributed by atoms with Crippen LogP contribution in [0.25, 0.3) is 16.9 Å². The lowest BCUT2D eigenvalue weighted by molar-refractivity contribution is -0.117. The molecule has 10 heteroatoms. The van der Waals surface area contributed by atoms with Crippen LogP contribution in [0.5, 0.6) is 0 Å². The summed E-state index contributed by atoms with van der Waals surface area (Å²) in [4.78, 5) is 27.3. The molecular weight excluding hydrogens is 516 g/mol. The largest absolute Gasteiger partial charge is 0.322 e. The Kier molecular flexibility index (Phi) is 8.11. The predicted molar refractivity (Wildman–Crippen MR) is 145 cm³/mol. The van der Waals surface area contributed by atoms with E-state index >= 15 is 0 Å². The summed E-state index contributed by atoms with van der Waals surface area (Å²) < 4.78 is 15.1. The Hall–Kier alpha value is -3.88. The Labute approximate surface area is 223 Å². The number of urea groups is 1. The van der Waals surface area contributed by atoms with Crippen LogP contribution in [-0.2, 0) is 4.79 Å². The highest BCUT2D eigenvalue weighted by Crippen LogP contribution is 2.29. The summed E-state index contributed by atoms with van der Waals surface area (Å²) in [6, 6.07) is 21.0. The number of nitrogens with one attached hydrogen (secondary N) is 2. The average Bonchev–Trinajstić information content (AvgIpc) is 3.28. The number of rotatable bonds is 7. The number of aromatic nitrogens is 2. The molecule has 4 aromatic rings. The molecule has 3 aromatic carbocycles. The summed E-state index contributed by atoms with van der Waals surface area (Å²) in [5.41, 5.74) is 2.37. The van der Waals surface area contributed by atoms with E-state index in [4.69, 9.17) is 23.2 Å². The molecule has 3 amide bonds. The zero-order valence-corrected chi connectivity index (χ0v) is 21.6. The van der Waals surface area contributed by atoms with E-state index in [0.717, 1.165) is 5.56 Å². The molecule has 0 aliphatic carbocycles. The van der Waals surface area contributed by atoms with E-state index in [1.165, 1.54) is 23.1 Å². The van der Waals surface area contributed by atoms with Gasteiger partial charge in [-0.2, -0.15) is 5.10 Å². The van der Waals surface area contributed by atoms with Crippen LogP contribution < -0.4 is 10.6 Å². The molecule has 0 radical (unpaired) electrons. The van der Waals surface area contributed by atoms with Crippen molar-refractivity contribution in [3.05, 3.63) is 94.7 Å². The average molecular weight is 540 g/mol. The van der Waals surface area contributed by atoms with E-state index in [9.17, 15) is 14.0 Å². The maximum Gasteiger partial charge on any atom is 0.322 e. The van der Waals surface area contributed by atoms with Gasteiger partial charge >= 0.3 is 6.03 Å². The molecule has 0 unspecified atom stereocenters. The molecule has 4 rings (SSSR count). The maximum atomic E-state index is 13.5. The van der Waals surface area contributed by atoms with Crippen LogP contribution in [0.15, 0.2) is 78.9 Å². The van der Waals surface area contributed by atoms with Crippen LogP contribution in [-0.4, -0.2) is 39.2 Å². The first-order chi connectivity index (χ1) is 17.7. The van der Waals surface area contributed by atoms with Gasteiger partial charge in [0, 0.05) is 23.4 Å². The summed E-state index contributed by atoms with van der Waals surface area (Å²) in [5, 5.41) is 10.9. The van der Waals surface area contributed by atoms with Crippen molar-refractivity contribution in [2.24, 2.45) is 0 Å². The molecule has 1 aromatic heterocycles. The third-order valence-electron chi connectivity index (χ3n) is 5.47. The van der Waals surface area contributed by atoms with Gasteiger partial charge in [-0.05, 0) is 50.2 Å². The highest BCUT2D eigenvalue weighted by atomic mass is 35.5. The first kappa shape index (κ1) is 26.2. The first-order valence-corrected chi connectivity index (χ1v) is 12.2. The van der Waals surface area contributed by atoms with E-state index in [1.807, 2.05) is 30.3 Å². The molecule has 0 spiro atoms. The van der Waals surface area contributed by atoms with Crippen molar-refractivity contribution >= 4 is 46.6 Å². The number of anilines is 2. The molecule has 2 N–H and O–H groups in total. The van der Waals surface area contributed by atoms with E-state index < -0.39 is 17.8 Å². The highest BCUT2D eigenvalue weighted by molar-refractivity contribution is 6.42. The van der Waals surface area contributed by atoms with Crippen molar-refractivity contribution in [2.75, 3.05) is 17.2 Å².